The number of aromatic nitrogens is 7. The second-order valence-electron chi connectivity index (χ2n) is 4.83. The molecule has 118 valence electrons. The minimum absolute atomic E-state index is 0.244. The van der Waals surface area contributed by atoms with E-state index in [-0.39, 0.29) is 5.96 Å². The van der Waals surface area contributed by atoms with Gasteiger partial charge in [-0.25, -0.2) is 9.97 Å². The van der Waals surface area contributed by atoms with Crippen molar-refractivity contribution in [3.8, 4) is 22.9 Å². The van der Waals surface area contributed by atoms with Crippen LogP contribution in [0.25, 0.3) is 22.9 Å². The number of nitrogens with two attached hydrogens (primary N) is 2. The lowest BCUT2D eigenvalue weighted by Gasteiger charge is -2.00. The van der Waals surface area contributed by atoms with Crippen molar-refractivity contribution in [2.45, 2.75) is 13.5 Å². The van der Waals surface area contributed by atoms with E-state index in [0.717, 1.165) is 0 Å². The third-order valence-electron chi connectivity index (χ3n) is 3.18. The molecule has 0 spiro atoms. The molecule has 0 aliphatic heterocycles. The maximum Gasteiger partial charge on any atom is 0.215 e. The van der Waals surface area contributed by atoms with Gasteiger partial charge in [0.25, 0.3) is 0 Å². The molecule has 0 bridgehead atoms. The van der Waals surface area contributed by atoms with Crippen molar-refractivity contribution < 1.29 is 0 Å². The van der Waals surface area contributed by atoms with Crippen LogP contribution < -0.4 is 11.5 Å². The Labute approximate surface area is 131 Å². The van der Waals surface area contributed by atoms with E-state index >= 15 is 0 Å². The number of rotatable bonds is 4. The molecule has 0 saturated heterocycles. The van der Waals surface area contributed by atoms with Gasteiger partial charge in [0, 0.05) is 25.1 Å². The van der Waals surface area contributed by atoms with E-state index in [2.05, 4.69) is 25.1 Å². The van der Waals surface area contributed by atoms with Crippen molar-refractivity contribution >= 4 is 5.96 Å². The predicted octanol–water partition coefficient (Wildman–Crippen LogP) is -0.393. The second kappa shape index (κ2) is 5.93. The van der Waals surface area contributed by atoms with Crippen molar-refractivity contribution in [3.05, 3.63) is 30.5 Å². The van der Waals surface area contributed by atoms with Gasteiger partial charge in [-0.05, 0) is 6.92 Å². The van der Waals surface area contributed by atoms with E-state index in [1.807, 2.05) is 6.92 Å². The molecule has 3 aromatic rings. The van der Waals surface area contributed by atoms with E-state index < -0.39 is 0 Å². The summed E-state index contributed by atoms with van der Waals surface area (Å²) in [5, 5.41) is 16.2. The molecule has 3 heterocycles. The fraction of sp³-hybridized carbons (Fsp3) is 0.231. The molecule has 0 aliphatic rings. The highest BCUT2D eigenvalue weighted by atomic mass is 15.4. The molecule has 0 atom stereocenters. The van der Waals surface area contributed by atoms with Gasteiger partial charge in [-0.15, -0.1) is 5.10 Å². The highest BCUT2D eigenvalue weighted by Crippen LogP contribution is 2.21. The fourth-order valence-electron chi connectivity index (χ4n) is 2.13. The van der Waals surface area contributed by atoms with Crippen LogP contribution in [0.15, 0.2) is 24.8 Å². The van der Waals surface area contributed by atoms with Crippen LogP contribution in [0.1, 0.15) is 5.69 Å². The van der Waals surface area contributed by atoms with Gasteiger partial charge in [-0.1, -0.05) is 0 Å². The Morgan fingerprint density at radius 3 is 2.78 bits per heavy atom. The number of nitrogen functional groups attached to an aromatic ring is 1. The van der Waals surface area contributed by atoms with Crippen LogP contribution in [0.3, 0.4) is 0 Å². The third kappa shape index (κ3) is 2.79. The first kappa shape index (κ1) is 14.8. The fourth-order valence-corrected chi connectivity index (χ4v) is 2.13. The van der Waals surface area contributed by atoms with Gasteiger partial charge >= 0.3 is 0 Å². The molecule has 3 aromatic heterocycles. The Balaban J connectivity index is 2.09. The van der Waals surface area contributed by atoms with Gasteiger partial charge in [-0.2, -0.15) is 9.78 Å². The minimum Gasteiger partial charge on any atom is -0.368 e. The SMILES string of the molecule is Cc1nccnc1-c1nc(-c2cnn(CCN)c2)n(C(=N)N)n1. The lowest BCUT2D eigenvalue weighted by atomic mass is 10.3. The molecule has 0 aliphatic carbocycles. The van der Waals surface area contributed by atoms with Crippen molar-refractivity contribution in [1.82, 2.24) is 34.5 Å². The average molecular weight is 312 g/mol. The molecule has 0 radical (unpaired) electrons. The number of aryl methyl sites for hydroxylation is 1. The van der Waals surface area contributed by atoms with E-state index in [4.69, 9.17) is 16.9 Å². The predicted molar refractivity (Wildman–Crippen MR) is 83.4 cm³/mol. The summed E-state index contributed by atoms with van der Waals surface area (Å²) in [5.74, 6) is 0.528. The zero-order valence-corrected chi connectivity index (χ0v) is 12.5. The highest BCUT2D eigenvalue weighted by Gasteiger charge is 2.18. The standard InChI is InChI=1S/C13H16N10/c1-8-10(18-4-3-17-8)11-20-12(23(21-11)13(15)16)9-6-19-22(7-9)5-2-14/h3-4,6-7H,2,5,14H2,1H3,(H3,15,16). The number of hydrogen-bond acceptors (Lipinski definition) is 7. The topological polar surface area (TPSA) is 150 Å². The summed E-state index contributed by atoms with van der Waals surface area (Å²) in [5.41, 5.74) is 13.1. The van der Waals surface area contributed by atoms with Gasteiger partial charge in [0.2, 0.25) is 11.8 Å². The molecule has 0 saturated carbocycles. The van der Waals surface area contributed by atoms with E-state index in [1.165, 1.54) is 4.68 Å². The van der Waals surface area contributed by atoms with Crippen LogP contribution in [0.5, 0.6) is 0 Å². The van der Waals surface area contributed by atoms with Crippen LogP contribution in [-0.2, 0) is 6.54 Å². The van der Waals surface area contributed by atoms with Crippen molar-refractivity contribution in [1.29, 1.82) is 5.41 Å². The molecule has 0 unspecified atom stereocenters. The summed E-state index contributed by atoms with van der Waals surface area (Å²) in [6.45, 7) is 2.88. The van der Waals surface area contributed by atoms with Crippen LogP contribution in [-0.4, -0.2) is 47.0 Å². The summed E-state index contributed by atoms with van der Waals surface area (Å²) in [6, 6.07) is 0. The Bertz CT molecular complexity index is 846. The van der Waals surface area contributed by atoms with E-state index in [0.29, 0.717) is 41.7 Å². The summed E-state index contributed by atoms with van der Waals surface area (Å²) in [7, 11) is 0. The molecule has 0 amide bonds. The minimum atomic E-state index is -0.244. The quantitative estimate of drug-likeness (QED) is 0.438. The van der Waals surface area contributed by atoms with Gasteiger partial charge < -0.3 is 11.5 Å². The van der Waals surface area contributed by atoms with Crippen LogP contribution >= 0.6 is 0 Å². The second-order valence-corrected chi connectivity index (χ2v) is 4.83. The Kier molecular flexibility index (Phi) is 3.81. The lowest BCUT2D eigenvalue weighted by Crippen LogP contribution is -2.22. The van der Waals surface area contributed by atoms with Crippen LogP contribution in [0.2, 0.25) is 0 Å². The summed E-state index contributed by atoms with van der Waals surface area (Å²) in [4.78, 5) is 12.9. The molecule has 5 N–H and O–H groups in total. The monoisotopic (exact) mass is 312 g/mol. The van der Waals surface area contributed by atoms with Gasteiger partial charge in [0.15, 0.2) is 5.82 Å². The molecule has 0 fully saturated rings. The van der Waals surface area contributed by atoms with Crippen molar-refractivity contribution in [2.24, 2.45) is 11.5 Å². The van der Waals surface area contributed by atoms with Gasteiger partial charge in [0.1, 0.15) is 5.69 Å². The summed E-state index contributed by atoms with van der Waals surface area (Å²) < 4.78 is 2.94. The maximum atomic E-state index is 7.70. The van der Waals surface area contributed by atoms with Crippen molar-refractivity contribution in [3.63, 3.8) is 0 Å². The van der Waals surface area contributed by atoms with E-state index in [9.17, 15) is 0 Å². The molecule has 0 aromatic carbocycles. The Hall–Kier alpha value is -3.14. The highest BCUT2D eigenvalue weighted by molar-refractivity contribution is 5.81. The molecule has 10 heteroatoms. The van der Waals surface area contributed by atoms with Gasteiger partial charge in [0.05, 0.1) is 24.0 Å². The normalized spacial score (nSPS) is 10.9. The third-order valence-corrected chi connectivity index (χ3v) is 3.18. The summed E-state index contributed by atoms with van der Waals surface area (Å²) >= 11 is 0. The largest absolute Gasteiger partial charge is 0.368 e. The van der Waals surface area contributed by atoms with Gasteiger partial charge in [-0.3, -0.25) is 15.1 Å². The average Bonchev–Trinajstić information content (AvgIpc) is 3.14. The first-order valence-electron chi connectivity index (χ1n) is 6.92. The number of nitrogens with zero attached hydrogens (tertiary/aromatic N) is 7. The zero-order chi connectivity index (χ0) is 16.4. The maximum absolute atomic E-state index is 7.70. The zero-order valence-electron chi connectivity index (χ0n) is 12.5. The molecule has 10 nitrogen and oxygen atoms in total. The molecule has 3 rings (SSSR count). The number of nitrogens with one attached hydrogen (secondary N) is 1. The van der Waals surface area contributed by atoms with Crippen LogP contribution in [0.4, 0.5) is 0 Å². The number of hydrogen-bond donors (Lipinski definition) is 3. The lowest BCUT2D eigenvalue weighted by molar-refractivity contribution is 0.625. The molecular formula is C13H16N10. The van der Waals surface area contributed by atoms with E-state index in [1.54, 1.807) is 29.5 Å². The van der Waals surface area contributed by atoms with Crippen molar-refractivity contribution in [2.75, 3.05) is 6.54 Å². The Morgan fingerprint density at radius 2 is 2.09 bits per heavy atom. The van der Waals surface area contributed by atoms with Crippen LogP contribution in [0, 0.1) is 12.3 Å². The Morgan fingerprint density at radius 1 is 1.30 bits per heavy atom. The molecular weight excluding hydrogens is 296 g/mol. The first-order valence-corrected chi connectivity index (χ1v) is 6.92. The first-order chi connectivity index (χ1) is 11.1. The molecule has 23 heavy (non-hydrogen) atoms. The smallest absolute Gasteiger partial charge is 0.215 e. The summed E-state index contributed by atoms with van der Waals surface area (Å²) in [6.07, 6.45) is 6.57.